The normalized spacial score (nSPS) is 12.9. The average molecular weight is 570 g/mol. The van der Waals surface area contributed by atoms with E-state index < -0.39 is 28.5 Å². The number of halogens is 1. The van der Waals surface area contributed by atoms with Crippen molar-refractivity contribution in [3.8, 4) is 0 Å². The van der Waals surface area contributed by atoms with Crippen LogP contribution >= 0.6 is 11.6 Å². The monoisotopic (exact) mass is 569 g/mol. The minimum Gasteiger partial charge on any atom is -0.352 e. The fourth-order valence-corrected chi connectivity index (χ4v) is 5.82. The van der Waals surface area contributed by atoms with Gasteiger partial charge in [0, 0.05) is 17.6 Å². The molecule has 208 valence electrons. The summed E-state index contributed by atoms with van der Waals surface area (Å²) in [7, 11) is -4.11. The number of benzene rings is 3. The van der Waals surface area contributed by atoms with Crippen molar-refractivity contribution in [2.24, 2.45) is 0 Å². The number of hydrogen-bond acceptors (Lipinski definition) is 4. The highest BCUT2D eigenvalue weighted by Gasteiger charge is 2.33. The van der Waals surface area contributed by atoms with Crippen LogP contribution in [-0.2, 0) is 26.2 Å². The Bertz CT molecular complexity index is 1410. The summed E-state index contributed by atoms with van der Waals surface area (Å²) < 4.78 is 28.9. The molecule has 3 aromatic carbocycles. The highest BCUT2D eigenvalue weighted by Crippen LogP contribution is 2.29. The van der Waals surface area contributed by atoms with Gasteiger partial charge in [-0.05, 0) is 81.1 Å². The molecule has 2 atom stereocenters. The first-order chi connectivity index (χ1) is 18.4. The molecule has 0 aliphatic rings. The molecule has 0 unspecified atom stereocenters. The van der Waals surface area contributed by atoms with Gasteiger partial charge in [-0.25, -0.2) is 8.42 Å². The third kappa shape index (κ3) is 7.40. The number of carbonyl (C=O) groups is 2. The van der Waals surface area contributed by atoms with Crippen molar-refractivity contribution >= 4 is 39.1 Å². The maximum atomic E-state index is 14.0. The molecule has 7 nitrogen and oxygen atoms in total. The molecule has 0 fully saturated rings. The predicted octanol–water partition coefficient (Wildman–Crippen LogP) is 5.48. The Morgan fingerprint density at radius 1 is 0.949 bits per heavy atom. The molecule has 0 aliphatic carbocycles. The maximum absolute atomic E-state index is 14.0. The topological polar surface area (TPSA) is 86.8 Å². The van der Waals surface area contributed by atoms with Crippen molar-refractivity contribution in [1.29, 1.82) is 0 Å². The van der Waals surface area contributed by atoms with Crippen LogP contribution < -0.4 is 9.62 Å². The predicted molar refractivity (Wildman–Crippen MR) is 156 cm³/mol. The van der Waals surface area contributed by atoms with Crippen molar-refractivity contribution in [2.45, 2.75) is 64.6 Å². The molecule has 9 heteroatoms. The van der Waals surface area contributed by atoms with Crippen molar-refractivity contribution in [1.82, 2.24) is 10.2 Å². The van der Waals surface area contributed by atoms with Gasteiger partial charge in [0.15, 0.2) is 0 Å². The van der Waals surface area contributed by atoms with Crippen molar-refractivity contribution in [3.63, 3.8) is 0 Å². The van der Waals surface area contributed by atoms with Crippen LogP contribution in [-0.4, -0.2) is 43.8 Å². The highest BCUT2D eigenvalue weighted by molar-refractivity contribution is 7.92. The van der Waals surface area contributed by atoms with Gasteiger partial charge >= 0.3 is 0 Å². The molecule has 39 heavy (non-hydrogen) atoms. The molecule has 1 N–H and O–H groups in total. The number of amides is 2. The van der Waals surface area contributed by atoms with Gasteiger partial charge in [-0.3, -0.25) is 13.9 Å². The summed E-state index contributed by atoms with van der Waals surface area (Å²) in [5.74, 6) is -0.828. The molecule has 0 bridgehead atoms. The number of nitrogens with zero attached hydrogens (tertiary/aromatic N) is 2. The molecule has 0 saturated carbocycles. The molecule has 3 aromatic rings. The van der Waals surface area contributed by atoms with Gasteiger partial charge in [-0.2, -0.15) is 0 Å². The van der Waals surface area contributed by atoms with Gasteiger partial charge < -0.3 is 10.2 Å². The Morgan fingerprint density at radius 2 is 1.62 bits per heavy atom. The van der Waals surface area contributed by atoms with Crippen LogP contribution in [0.4, 0.5) is 5.69 Å². The van der Waals surface area contributed by atoms with E-state index in [1.165, 1.54) is 17.0 Å². The molecule has 3 rings (SSSR count). The number of carbonyl (C=O) groups excluding carboxylic acids is 2. The van der Waals surface area contributed by atoms with Gasteiger partial charge in [0.25, 0.3) is 10.0 Å². The third-order valence-corrected chi connectivity index (χ3v) is 8.87. The molecule has 0 heterocycles. The quantitative estimate of drug-likeness (QED) is 0.331. The zero-order valence-corrected chi connectivity index (χ0v) is 24.6. The van der Waals surface area contributed by atoms with E-state index in [-0.39, 0.29) is 23.4 Å². The molecule has 0 spiro atoms. The van der Waals surface area contributed by atoms with Gasteiger partial charge in [-0.1, -0.05) is 61.0 Å². The first kappa shape index (κ1) is 30.2. The minimum absolute atomic E-state index is 0.0719. The Labute approximate surface area is 236 Å². The Balaban J connectivity index is 2.06. The van der Waals surface area contributed by atoms with Crippen LogP contribution in [0.5, 0.6) is 0 Å². The van der Waals surface area contributed by atoms with Crippen LogP contribution in [0, 0.1) is 13.8 Å². The second-order valence-electron chi connectivity index (χ2n) is 9.69. The van der Waals surface area contributed by atoms with Gasteiger partial charge in [0.1, 0.15) is 12.6 Å². The largest absolute Gasteiger partial charge is 0.352 e. The zero-order valence-electron chi connectivity index (χ0n) is 23.0. The molecule has 0 aromatic heterocycles. The molecular weight excluding hydrogens is 534 g/mol. The number of anilines is 1. The van der Waals surface area contributed by atoms with E-state index in [1.807, 2.05) is 39.8 Å². The van der Waals surface area contributed by atoms with Gasteiger partial charge in [0.2, 0.25) is 11.8 Å². The summed E-state index contributed by atoms with van der Waals surface area (Å²) in [4.78, 5) is 28.6. The number of nitrogens with one attached hydrogen (secondary N) is 1. The number of sulfonamides is 1. The summed E-state index contributed by atoms with van der Waals surface area (Å²) in [6.07, 6.45) is 0.733. The highest BCUT2D eigenvalue weighted by atomic mass is 35.5. The van der Waals surface area contributed by atoms with Gasteiger partial charge in [0.05, 0.1) is 10.6 Å². The second-order valence-corrected chi connectivity index (χ2v) is 12.0. The maximum Gasteiger partial charge on any atom is 0.264 e. The molecule has 0 aliphatic heterocycles. The summed E-state index contributed by atoms with van der Waals surface area (Å²) in [5, 5.41) is 3.43. The van der Waals surface area contributed by atoms with Crippen LogP contribution in [0.1, 0.15) is 43.9 Å². The molecular formula is C30H36ClN3O4S. The fourth-order valence-electron chi connectivity index (χ4n) is 4.12. The molecule has 0 saturated heterocycles. The number of aryl methyl sites for hydroxylation is 1. The third-order valence-electron chi connectivity index (χ3n) is 6.87. The average Bonchev–Trinajstić information content (AvgIpc) is 2.92. The standard InChI is InChI=1S/C30H36ClN3O4S/c1-6-22(3)32-30(36)24(5)33(19-25-13-11-14-26(31)18-25)29(35)20-34(28-17-10-12-21(2)23(28)4)39(37,38)27-15-8-7-9-16-27/h7-18,22,24H,6,19-20H2,1-5H3,(H,32,36)/t22-,24-/m0/s1. The number of rotatable bonds is 11. The summed E-state index contributed by atoms with van der Waals surface area (Å²) in [6, 6.07) is 19.5. The Kier molecular flexibility index (Phi) is 10.2. The summed E-state index contributed by atoms with van der Waals surface area (Å²) >= 11 is 6.19. The zero-order chi connectivity index (χ0) is 28.7. The van der Waals surface area contributed by atoms with Crippen molar-refractivity contribution < 1.29 is 18.0 Å². The lowest BCUT2D eigenvalue weighted by Crippen LogP contribution is -2.52. The van der Waals surface area contributed by atoms with E-state index in [2.05, 4.69) is 5.32 Å². The van der Waals surface area contributed by atoms with E-state index >= 15 is 0 Å². The second kappa shape index (κ2) is 13.1. The SMILES string of the molecule is CC[C@H](C)NC(=O)[C@H](C)N(Cc1cccc(Cl)c1)C(=O)CN(c1cccc(C)c1C)S(=O)(=O)c1ccccc1. The van der Waals surface area contributed by atoms with E-state index in [0.717, 1.165) is 27.4 Å². The fraction of sp³-hybridized carbons (Fsp3) is 0.333. The van der Waals surface area contributed by atoms with Crippen LogP contribution in [0.15, 0.2) is 77.7 Å². The van der Waals surface area contributed by atoms with Crippen molar-refractivity contribution in [2.75, 3.05) is 10.8 Å². The first-order valence-corrected chi connectivity index (χ1v) is 14.8. The number of hydrogen-bond donors (Lipinski definition) is 1. The van der Waals surface area contributed by atoms with E-state index in [4.69, 9.17) is 11.6 Å². The minimum atomic E-state index is -4.11. The van der Waals surface area contributed by atoms with Gasteiger partial charge in [-0.15, -0.1) is 0 Å². The summed E-state index contributed by atoms with van der Waals surface area (Å²) in [5.41, 5.74) is 2.77. The van der Waals surface area contributed by atoms with E-state index in [1.54, 1.807) is 55.5 Å². The van der Waals surface area contributed by atoms with Crippen molar-refractivity contribution in [3.05, 3.63) is 94.5 Å². The molecule has 2 amide bonds. The Morgan fingerprint density at radius 3 is 2.26 bits per heavy atom. The van der Waals surface area contributed by atoms with Crippen LogP contribution in [0.25, 0.3) is 0 Å². The van der Waals surface area contributed by atoms with E-state index in [0.29, 0.717) is 10.7 Å². The van der Waals surface area contributed by atoms with E-state index in [9.17, 15) is 18.0 Å². The smallest absolute Gasteiger partial charge is 0.264 e. The lowest BCUT2D eigenvalue weighted by Gasteiger charge is -2.33. The first-order valence-electron chi connectivity index (χ1n) is 12.9. The lowest BCUT2D eigenvalue weighted by molar-refractivity contribution is -0.139. The summed E-state index contributed by atoms with van der Waals surface area (Å²) in [6.45, 7) is 8.82. The lowest BCUT2D eigenvalue weighted by atomic mass is 10.1. The Hall–Kier alpha value is -3.36. The van der Waals surface area contributed by atoms with Crippen LogP contribution in [0.3, 0.4) is 0 Å². The van der Waals surface area contributed by atoms with Crippen LogP contribution in [0.2, 0.25) is 5.02 Å². The molecule has 0 radical (unpaired) electrons.